The fraction of sp³-hybridized carbons (Fsp3) is 0.241. The van der Waals surface area contributed by atoms with E-state index in [0.29, 0.717) is 5.69 Å². The highest BCUT2D eigenvalue weighted by Gasteiger charge is 2.39. The Hall–Kier alpha value is -4.15. The number of hydrogen-bond donors (Lipinski definition) is 1. The topological polar surface area (TPSA) is 93.5 Å². The molecule has 0 spiro atoms. The van der Waals surface area contributed by atoms with Crippen LogP contribution in [0, 0.1) is 24.2 Å². The van der Waals surface area contributed by atoms with Gasteiger partial charge < -0.3 is 15.1 Å². The Labute approximate surface area is 221 Å². The van der Waals surface area contributed by atoms with Crippen molar-refractivity contribution in [1.82, 2.24) is 9.80 Å². The highest BCUT2D eigenvalue weighted by atomic mass is 35.5. The van der Waals surface area contributed by atoms with E-state index in [-0.39, 0.29) is 36.0 Å². The number of likely N-dealkylation sites (N-methyl/N-ethyl adjacent to an activating group) is 1. The fourth-order valence-electron chi connectivity index (χ4n) is 4.44. The molecule has 3 amide bonds. The number of nitrogens with one attached hydrogen (secondary N) is 1. The predicted molar refractivity (Wildman–Crippen MR) is 143 cm³/mol. The largest absolute Gasteiger partial charge is 0.332 e. The summed E-state index contributed by atoms with van der Waals surface area (Å²) in [4.78, 5) is 41.9. The highest BCUT2D eigenvalue weighted by molar-refractivity contribution is 6.34. The number of carbonyl (C=O) groups is 3. The molecule has 8 heteroatoms. The maximum Gasteiger partial charge on any atom is 0.255 e. The minimum atomic E-state index is -0.742. The van der Waals surface area contributed by atoms with E-state index in [1.807, 2.05) is 67.6 Å². The molecular weight excluding hydrogens is 488 g/mol. The minimum absolute atomic E-state index is 0.112. The standard InChI is InChI=1S/C29H27ClN4O3/c1-19-8-6-7-11-26(19)32-28(36)22-14-23(16-31)34(17-22)27(35)18-33(2)29(37)24-15-21(12-13-25(24)30)20-9-4-3-5-10-20/h3-13,15,22-23H,14,17-18H2,1-2H3,(H,32,36). The van der Waals surface area contributed by atoms with E-state index in [1.165, 1.54) is 16.8 Å². The van der Waals surface area contributed by atoms with E-state index in [9.17, 15) is 19.6 Å². The van der Waals surface area contributed by atoms with E-state index in [4.69, 9.17) is 11.6 Å². The van der Waals surface area contributed by atoms with Crippen LogP contribution in [0.3, 0.4) is 0 Å². The highest BCUT2D eigenvalue weighted by Crippen LogP contribution is 2.28. The molecule has 3 aromatic carbocycles. The van der Waals surface area contributed by atoms with Crippen LogP contribution in [0.4, 0.5) is 5.69 Å². The minimum Gasteiger partial charge on any atom is -0.332 e. The Morgan fingerprint density at radius 2 is 1.76 bits per heavy atom. The summed E-state index contributed by atoms with van der Waals surface area (Å²) in [7, 11) is 1.52. The molecule has 188 valence electrons. The Morgan fingerprint density at radius 3 is 2.46 bits per heavy atom. The van der Waals surface area contributed by atoms with Gasteiger partial charge in [-0.2, -0.15) is 5.26 Å². The monoisotopic (exact) mass is 514 g/mol. The van der Waals surface area contributed by atoms with Crippen LogP contribution in [0.5, 0.6) is 0 Å². The molecule has 2 unspecified atom stereocenters. The van der Waals surface area contributed by atoms with Crippen molar-refractivity contribution in [3.05, 3.63) is 88.9 Å². The first-order valence-electron chi connectivity index (χ1n) is 11.9. The summed E-state index contributed by atoms with van der Waals surface area (Å²) in [5.74, 6) is -1.56. The molecule has 0 aliphatic carbocycles. The van der Waals surface area contributed by atoms with E-state index in [1.54, 1.807) is 12.1 Å². The van der Waals surface area contributed by atoms with Gasteiger partial charge >= 0.3 is 0 Å². The van der Waals surface area contributed by atoms with Crippen LogP contribution in [-0.2, 0) is 9.59 Å². The Kier molecular flexibility index (Phi) is 7.90. The number of halogens is 1. The summed E-state index contributed by atoms with van der Waals surface area (Å²) in [6, 6.07) is 23.6. The number of benzene rings is 3. The predicted octanol–water partition coefficient (Wildman–Crippen LogP) is 4.77. The number of hydrogen-bond acceptors (Lipinski definition) is 4. The number of likely N-dealkylation sites (tertiary alicyclic amines) is 1. The van der Waals surface area contributed by atoms with Gasteiger partial charge in [-0.1, -0.05) is 66.2 Å². The first kappa shape index (κ1) is 25.9. The SMILES string of the molecule is Cc1ccccc1NC(=O)C1CC(C#N)N(C(=O)CN(C)C(=O)c2cc(-c3ccccc3)ccc2Cl)C1. The summed E-state index contributed by atoms with van der Waals surface area (Å²) in [6.07, 6.45) is 0.239. The van der Waals surface area contributed by atoms with Crippen molar-refractivity contribution >= 4 is 35.0 Å². The molecule has 1 aliphatic heterocycles. The second-order valence-corrected chi connectivity index (χ2v) is 9.56. The third kappa shape index (κ3) is 5.82. The number of aryl methyl sites for hydroxylation is 1. The molecular formula is C29H27ClN4O3. The molecule has 1 heterocycles. The van der Waals surface area contributed by atoms with Crippen LogP contribution >= 0.6 is 11.6 Å². The summed E-state index contributed by atoms with van der Waals surface area (Å²) in [6.45, 7) is 1.77. The molecule has 0 bridgehead atoms. The van der Waals surface area contributed by atoms with Crippen molar-refractivity contribution in [2.75, 3.05) is 25.5 Å². The molecule has 1 fully saturated rings. The zero-order valence-corrected chi connectivity index (χ0v) is 21.4. The lowest BCUT2D eigenvalue weighted by Crippen LogP contribution is -2.43. The van der Waals surface area contributed by atoms with Crippen LogP contribution in [-0.4, -0.2) is 53.7 Å². The molecule has 3 aromatic rings. The van der Waals surface area contributed by atoms with Crippen LogP contribution in [0.1, 0.15) is 22.3 Å². The van der Waals surface area contributed by atoms with Crippen LogP contribution in [0.15, 0.2) is 72.8 Å². The number of amides is 3. The van der Waals surface area contributed by atoms with Gasteiger partial charge in [0.15, 0.2) is 0 Å². The van der Waals surface area contributed by atoms with Gasteiger partial charge in [-0.3, -0.25) is 14.4 Å². The third-order valence-corrected chi connectivity index (χ3v) is 6.90. The number of carbonyl (C=O) groups excluding carboxylic acids is 3. The number of nitrogens with zero attached hydrogens (tertiary/aromatic N) is 3. The molecule has 1 aliphatic rings. The Bertz CT molecular complexity index is 1370. The molecule has 2 atom stereocenters. The van der Waals surface area contributed by atoms with Crippen molar-refractivity contribution in [1.29, 1.82) is 5.26 Å². The molecule has 37 heavy (non-hydrogen) atoms. The van der Waals surface area contributed by atoms with Crippen molar-refractivity contribution < 1.29 is 14.4 Å². The van der Waals surface area contributed by atoms with Gasteiger partial charge in [0.25, 0.3) is 5.91 Å². The Balaban J connectivity index is 1.43. The van der Waals surface area contributed by atoms with Gasteiger partial charge in [-0.05, 0) is 48.2 Å². The molecule has 7 nitrogen and oxygen atoms in total. The molecule has 0 radical (unpaired) electrons. The zero-order valence-electron chi connectivity index (χ0n) is 20.6. The van der Waals surface area contributed by atoms with Crippen LogP contribution < -0.4 is 5.32 Å². The summed E-state index contributed by atoms with van der Waals surface area (Å²) < 4.78 is 0. The van der Waals surface area contributed by atoms with Crippen LogP contribution in [0.2, 0.25) is 5.02 Å². The lowest BCUT2D eigenvalue weighted by Gasteiger charge is -2.24. The smallest absolute Gasteiger partial charge is 0.255 e. The summed E-state index contributed by atoms with van der Waals surface area (Å²) >= 11 is 6.33. The molecule has 1 N–H and O–H groups in total. The second kappa shape index (κ2) is 11.3. The average molecular weight is 515 g/mol. The van der Waals surface area contributed by atoms with Crippen molar-refractivity contribution in [2.45, 2.75) is 19.4 Å². The molecule has 4 rings (SSSR count). The maximum absolute atomic E-state index is 13.2. The normalized spacial score (nSPS) is 16.6. The number of rotatable bonds is 6. The maximum atomic E-state index is 13.2. The van der Waals surface area contributed by atoms with Gasteiger partial charge in [-0.25, -0.2) is 0 Å². The van der Waals surface area contributed by atoms with Gasteiger partial charge in [0.2, 0.25) is 11.8 Å². The van der Waals surface area contributed by atoms with Crippen molar-refractivity contribution in [3.8, 4) is 17.2 Å². The molecule has 1 saturated heterocycles. The van der Waals surface area contributed by atoms with E-state index in [2.05, 4.69) is 11.4 Å². The molecule has 0 aromatic heterocycles. The lowest BCUT2D eigenvalue weighted by molar-refractivity contribution is -0.131. The van der Waals surface area contributed by atoms with Crippen molar-refractivity contribution in [2.24, 2.45) is 5.92 Å². The quantitative estimate of drug-likeness (QED) is 0.513. The van der Waals surface area contributed by atoms with E-state index < -0.39 is 23.8 Å². The second-order valence-electron chi connectivity index (χ2n) is 9.15. The zero-order chi connectivity index (χ0) is 26.5. The summed E-state index contributed by atoms with van der Waals surface area (Å²) in [5.41, 5.74) is 3.68. The molecule has 0 saturated carbocycles. The van der Waals surface area contributed by atoms with Gasteiger partial charge in [-0.15, -0.1) is 0 Å². The number of nitriles is 1. The summed E-state index contributed by atoms with van der Waals surface area (Å²) in [5, 5.41) is 12.8. The van der Waals surface area contributed by atoms with Crippen molar-refractivity contribution in [3.63, 3.8) is 0 Å². The number of para-hydroxylation sites is 1. The third-order valence-electron chi connectivity index (χ3n) is 6.57. The first-order valence-corrected chi connectivity index (χ1v) is 12.3. The van der Waals surface area contributed by atoms with E-state index >= 15 is 0 Å². The van der Waals surface area contributed by atoms with Crippen LogP contribution in [0.25, 0.3) is 11.1 Å². The van der Waals surface area contributed by atoms with Gasteiger partial charge in [0.05, 0.1) is 29.1 Å². The van der Waals surface area contributed by atoms with Gasteiger partial charge in [0, 0.05) is 19.3 Å². The van der Waals surface area contributed by atoms with E-state index in [0.717, 1.165) is 16.7 Å². The fourth-order valence-corrected chi connectivity index (χ4v) is 4.64. The number of anilines is 1. The average Bonchev–Trinajstić information content (AvgIpc) is 3.35. The lowest BCUT2D eigenvalue weighted by atomic mass is 10.0. The first-order chi connectivity index (χ1) is 17.8. The van der Waals surface area contributed by atoms with Gasteiger partial charge in [0.1, 0.15) is 6.04 Å². The Morgan fingerprint density at radius 1 is 1.05 bits per heavy atom.